The van der Waals surface area contributed by atoms with Crippen LogP contribution in [0.2, 0.25) is 0 Å². The van der Waals surface area contributed by atoms with Gasteiger partial charge >= 0.3 is 0 Å². The number of aryl methyl sites for hydroxylation is 1. The number of para-hydroxylation sites is 3. The normalized spacial score (nSPS) is 15.2. The monoisotopic (exact) mass is 554 g/mol. The second-order valence-corrected chi connectivity index (χ2v) is 12.0. The number of rotatable bonds is 7. The van der Waals surface area contributed by atoms with Crippen LogP contribution in [0.3, 0.4) is 0 Å². The Labute approximate surface area is 247 Å². The standard InChI is InChI=1S/C37H36N3S/c1-3-38(4-2)26-27-19-21-28(22-20-27)34-24-30(25-36-39-23-11-13-29-12-10-18-35(41-36)37(29)39)32-16-8-9-17-33(32)40(34)31-14-6-5-7-15-31/h5-10,12,14-22,24-25H,3-4,11,13,23,26H2,1-2H3/q+1. The molecule has 2 aliphatic rings. The highest BCUT2D eigenvalue weighted by atomic mass is 32.2. The molecule has 3 heterocycles. The minimum Gasteiger partial charge on any atom is -0.335 e. The van der Waals surface area contributed by atoms with Crippen LogP contribution >= 0.6 is 11.8 Å². The van der Waals surface area contributed by atoms with E-state index in [0.29, 0.717) is 0 Å². The summed E-state index contributed by atoms with van der Waals surface area (Å²) in [5.41, 5.74) is 10.4. The van der Waals surface area contributed by atoms with Crippen LogP contribution in [-0.2, 0) is 13.0 Å². The Bertz CT molecular complexity index is 1740. The SMILES string of the molecule is CCN(CC)Cc1ccc(-c2cc(C=C3Sc4cccc5c4N3CCC5)c3ccccc3[n+]2-c2ccccc2)cc1. The maximum atomic E-state index is 2.55. The molecular formula is C37H36N3S+. The number of benzene rings is 4. The highest BCUT2D eigenvalue weighted by Crippen LogP contribution is 2.50. The topological polar surface area (TPSA) is 10.4 Å². The van der Waals surface area contributed by atoms with Gasteiger partial charge in [-0.25, -0.2) is 0 Å². The third-order valence-electron chi connectivity index (χ3n) is 8.49. The van der Waals surface area contributed by atoms with Gasteiger partial charge in [0, 0.05) is 47.8 Å². The van der Waals surface area contributed by atoms with Gasteiger partial charge in [0.25, 0.3) is 0 Å². The molecule has 0 amide bonds. The van der Waals surface area contributed by atoms with Gasteiger partial charge in [0.05, 0.1) is 16.1 Å². The van der Waals surface area contributed by atoms with E-state index in [1.807, 2.05) is 11.8 Å². The van der Waals surface area contributed by atoms with E-state index in [1.54, 1.807) is 0 Å². The van der Waals surface area contributed by atoms with Gasteiger partial charge in [-0.2, -0.15) is 4.57 Å². The predicted molar refractivity (Wildman–Crippen MR) is 173 cm³/mol. The Balaban J connectivity index is 1.40. The van der Waals surface area contributed by atoms with Gasteiger partial charge in [-0.05, 0) is 73.0 Å². The van der Waals surface area contributed by atoms with Gasteiger partial charge < -0.3 is 4.90 Å². The molecule has 0 radical (unpaired) electrons. The predicted octanol–water partition coefficient (Wildman–Crippen LogP) is 8.48. The van der Waals surface area contributed by atoms with Gasteiger partial charge in [0.15, 0.2) is 0 Å². The Morgan fingerprint density at radius 3 is 2.44 bits per heavy atom. The molecule has 0 spiro atoms. The molecule has 0 aliphatic carbocycles. The van der Waals surface area contributed by atoms with Crippen LogP contribution in [0, 0.1) is 0 Å². The molecule has 41 heavy (non-hydrogen) atoms. The van der Waals surface area contributed by atoms with Crippen molar-refractivity contribution in [2.75, 3.05) is 24.5 Å². The fourth-order valence-electron chi connectivity index (χ4n) is 6.33. The van der Waals surface area contributed by atoms with E-state index in [9.17, 15) is 0 Å². The second kappa shape index (κ2) is 11.2. The van der Waals surface area contributed by atoms with Gasteiger partial charge in [-0.3, -0.25) is 4.90 Å². The molecule has 7 rings (SSSR count). The molecule has 5 aromatic rings. The summed E-state index contributed by atoms with van der Waals surface area (Å²) in [5, 5.41) is 2.59. The van der Waals surface area contributed by atoms with Crippen molar-refractivity contribution in [1.82, 2.24) is 4.90 Å². The molecule has 4 heteroatoms. The highest BCUT2D eigenvalue weighted by molar-refractivity contribution is 8.03. The lowest BCUT2D eigenvalue weighted by atomic mass is 10.0. The zero-order valence-corrected chi connectivity index (χ0v) is 24.7. The third-order valence-corrected chi connectivity index (χ3v) is 9.59. The fraction of sp³-hybridized carbons (Fsp3) is 0.216. The van der Waals surface area contributed by atoms with E-state index in [2.05, 4.69) is 137 Å². The van der Waals surface area contributed by atoms with Crippen molar-refractivity contribution in [3.63, 3.8) is 0 Å². The third kappa shape index (κ3) is 4.86. The molecule has 4 aromatic carbocycles. The zero-order valence-electron chi connectivity index (χ0n) is 23.9. The van der Waals surface area contributed by atoms with Gasteiger partial charge in [0.2, 0.25) is 16.9 Å². The van der Waals surface area contributed by atoms with Crippen molar-refractivity contribution >= 4 is 34.4 Å². The summed E-state index contributed by atoms with van der Waals surface area (Å²) in [4.78, 5) is 6.40. The first-order chi connectivity index (χ1) is 20.2. The average molecular weight is 555 g/mol. The summed E-state index contributed by atoms with van der Waals surface area (Å²) >= 11 is 1.92. The van der Waals surface area contributed by atoms with Crippen LogP contribution in [0.5, 0.6) is 0 Å². The Morgan fingerprint density at radius 2 is 1.63 bits per heavy atom. The van der Waals surface area contributed by atoms with Crippen LogP contribution in [0.25, 0.3) is 33.9 Å². The van der Waals surface area contributed by atoms with E-state index in [-0.39, 0.29) is 0 Å². The molecule has 204 valence electrons. The smallest absolute Gasteiger partial charge is 0.219 e. The molecule has 0 bridgehead atoms. The van der Waals surface area contributed by atoms with E-state index < -0.39 is 0 Å². The first-order valence-corrected chi connectivity index (χ1v) is 15.7. The number of hydrogen-bond acceptors (Lipinski definition) is 3. The first-order valence-electron chi connectivity index (χ1n) is 14.9. The quantitative estimate of drug-likeness (QED) is 0.187. The molecule has 3 nitrogen and oxygen atoms in total. The number of thioether (sulfide) groups is 1. The number of nitrogens with zero attached hydrogens (tertiary/aromatic N) is 3. The summed E-state index contributed by atoms with van der Waals surface area (Å²) in [6.45, 7) is 8.66. The summed E-state index contributed by atoms with van der Waals surface area (Å²) in [7, 11) is 0. The minimum absolute atomic E-state index is 0.983. The summed E-state index contributed by atoms with van der Waals surface area (Å²) < 4.78 is 2.42. The lowest BCUT2D eigenvalue weighted by Gasteiger charge is -2.27. The van der Waals surface area contributed by atoms with E-state index in [1.165, 1.54) is 73.0 Å². The number of anilines is 1. The molecule has 0 saturated heterocycles. The lowest BCUT2D eigenvalue weighted by Crippen LogP contribution is -2.34. The maximum Gasteiger partial charge on any atom is 0.219 e. The molecule has 0 unspecified atom stereocenters. The van der Waals surface area contributed by atoms with E-state index >= 15 is 0 Å². The largest absolute Gasteiger partial charge is 0.335 e. The van der Waals surface area contributed by atoms with Crippen molar-refractivity contribution in [2.45, 2.75) is 38.1 Å². The molecule has 0 atom stereocenters. The highest BCUT2D eigenvalue weighted by Gasteiger charge is 2.31. The van der Waals surface area contributed by atoms with Crippen LogP contribution in [0.15, 0.2) is 113 Å². The fourth-order valence-corrected chi connectivity index (χ4v) is 7.52. The Hall–Kier alpha value is -3.86. The summed E-state index contributed by atoms with van der Waals surface area (Å²) in [6, 6.07) is 38.0. The molecular weight excluding hydrogens is 518 g/mol. The second-order valence-electron chi connectivity index (χ2n) is 10.9. The zero-order chi connectivity index (χ0) is 27.8. The summed E-state index contributed by atoms with van der Waals surface area (Å²) in [5.74, 6) is 0. The van der Waals surface area contributed by atoms with E-state index in [4.69, 9.17) is 0 Å². The number of aromatic nitrogens is 1. The number of hydrogen-bond donors (Lipinski definition) is 0. The molecule has 0 fully saturated rings. The van der Waals surface area contributed by atoms with Crippen LogP contribution in [-0.4, -0.2) is 24.5 Å². The van der Waals surface area contributed by atoms with E-state index in [0.717, 1.165) is 26.2 Å². The van der Waals surface area contributed by atoms with Gasteiger partial charge in [0.1, 0.15) is 0 Å². The minimum atomic E-state index is 0.983. The molecule has 2 aliphatic heterocycles. The lowest BCUT2D eigenvalue weighted by molar-refractivity contribution is -0.555. The van der Waals surface area contributed by atoms with Gasteiger partial charge in [-0.15, -0.1) is 0 Å². The van der Waals surface area contributed by atoms with Crippen LogP contribution < -0.4 is 9.47 Å². The Kier molecular flexibility index (Phi) is 7.12. The summed E-state index contributed by atoms with van der Waals surface area (Å²) in [6.07, 6.45) is 4.80. The van der Waals surface area contributed by atoms with Crippen molar-refractivity contribution < 1.29 is 4.57 Å². The number of pyridine rings is 1. The number of fused-ring (bicyclic) bond motifs is 1. The van der Waals surface area contributed by atoms with Gasteiger partial charge in [-0.1, -0.05) is 80.2 Å². The maximum absolute atomic E-state index is 2.55. The van der Waals surface area contributed by atoms with Crippen molar-refractivity contribution in [2.24, 2.45) is 0 Å². The van der Waals surface area contributed by atoms with Crippen molar-refractivity contribution in [3.8, 4) is 16.9 Å². The first kappa shape index (κ1) is 26.1. The van der Waals surface area contributed by atoms with Crippen LogP contribution in [0.4, 0.5) is 5.69 Å². The Morgan fingerprint density at radius 1 is 0.854 bits per heavy atom. The average Bonchev–Trinajstić information content (AvgIpc) is 3.39. The molecule has 0 N–H and O–H groups in total. The van der Waals surface area contributed by atoms with Crippen LogP contribution in [0.1, 0.15) is 37.0 Å². The molecule has 0 saturated carbocycles. The van der Waals surface area contributed by atoms with Crippen molar-refractivity contribution in [1.29, 1.82) is 0 Å². The molecule has 1 aromatic heterocycles. The van der Waals surface area contributed by atoms with Crippen molar-refractivity contribution in [3.05, 3.63) is 125 Å².